The maximum Gasteiger partial charge on any atom is 0.325 e. The molecule has 0 aliphatic carbocycles. The Labute approximate surface area is 102 Å². The maximum atomic E-state index is 11.4. The van der Waals surface area contributed by atoms with Crippen LogP contribution in [0.15, 0.2) is 17.5 Å². The zero-order valence-electron chi connectivity index (χ0n) is 9.10. The number of carbonyl (C=O) groups excluding carboxylic acids is 2. The van der Waals surface area contributed by atoms with Gasteiger partial charge in [0.25, 0.3) is 5.91 Å². The Morgan fingerprint density at radius 1 is 1.47 bits per heavy atom. The zero-order chi connectivity index (χ0) is 12.8. The molecule has 92 valence electrons. The monoisotopic (exact) mass is 256 g/mol. The number of amides is 2. The largest absolute Gasteiger partial charge is 0.480 e. The molecule has 1 atom stereocenters. The lowest BCUT2D eigenvalue weighted by atomic mass is 10.3. The van der Waals surface area contributed by atoms with Crippen LogP contribution in [0, 0.1) is 0 Å². The van der Waals surface area contributed by atoms with Crippen LogP contribution >= 0.6 is 11.3 Å². The summed E-state index contributed by atoms with van der Waals surface area (Å²) in [6.07, 6.45) is 0. The number of nitrogens with one attached hydrogen (secondary N) is 2. The molecule has 1 unspecified atom stereocenters. The highest BCUT2D eigenvalue weighted by Crippen LogP contribution is 2.07. The van der Waals surface area contributed by atoms with Crippen molar-refractivity contribution in [2.75, 3.05) is 6.54 Å². The number of aliphatic carboxylic acids is 1. The van der Waals surface area contributed by atoms with Gasteiger partial charge in [0, 0.05) is 0 Å². The molecule has 0 saturated carbocycles. The Morgan fingerprint density at radius 3 is 2.71 bits per heavy atom. The van der Waals surface area contributed by atoms with Gasteiger partial charge in [0.1, 0.15) is 6.04 Å². The first-order valence-electron chi connectivity index (χ1n) is 4.84. The minimum Gasteiger partial charge on any atom is -0.480 e. The molecule has 6 nitrogen and oxygen atoms in total. The molecule has 0 radical (unpaired) electrons. The van der Waals surface area contributed by atoms with Gasteiger partial charge in [-0.1, -0.05) is 6.07 Å². The van der Waals surface area contributed by atoms with E-state index in [2.05, 4.69) is 10.6 Å². The van der Waals surface area contributed by atoms with Gasteiger partial charge < -0.3 is 15.7 Å². The molecule has 1 heterocycles. The molecule has 2 amide bonds. The standard InChI is InChI=1S/C10H12N2O4S/c1-6(10(15)16)12-8(13)5-11-9(14)7-3-2-4-17-7/h2-4,6H,5H2,1H3,(H,11,14)(H,12,13)(H,15,16). The van der Waals surface area contributed by atoms with Crippen LogP contribution in [0.2, 0.25) is 0 Å². The molecule has 1 aromatic heterocycles. The lowest BCUT2D eigenvalue weighted by Crippen LogP contribution is -2.43. The first-order chi connectivity index (χ1) is 8.00. The van der Waals surface area contributed by atoms with Crippen LogP contribution in [0.3, 0.4) is 0 Å². The number of hydrogen-bond donors (Lipinski definition) is 3. The van der Waals surface area contributed by atoms with Crippen LogP contribution in [0.1, 0.15) is 16.6 Å². The third kappa shape index (κ3) is 4.23. The van der Waals surface area contributed by atoms with Crippen LogP contribution in [0.25, 0.3) is 0 Å². The van der Waals surface area contributed by atoms with Gasteiger partial charge in [0.2, 0.25) is 5.91 Å². The molecule has 17 heavy (non-hydrogen) atoms. The minimum absolute atomic E-state index is 0.242. The van der Waals surface area contributed by atoms with E-state index in [4.69, 9.17) is 5.11 Å². The van der Waals surface area contributed by atoms with Crippen molar-refractivity contribution < 1.29 is 19.5 Å². The van der Waals surface area contributed by atoms with Crippen LogP contribution in [0.5, 0.6) is 0 Å². The van der Waals surface area contributed by atoms with E-state index in [9.17, 15) is 14.4 Å². The van der Waals surface area contributed by atoms with Crippen LogP contribution in [-0.4, -0.2) is 35.5 Å². The molecule has 0 saturated heterocycles. The fourth-order valence-corrected chi connectivity index (χ4v) is 1.65. The average Bonchev–Trinajstić information content (AvgIpc) is 2.79. The van der Waals surface area contributed by atoms with Gasteiger partial charge in [-0.2, -0.15) is 0 Å². The van der Waals surface area contributed by atoms with Crippen molar-refractivity contribution in [3.63, 3.8) is 0 Å². The summed E-state index contributed by atoms with van der Waals surface area (Å²) in [6.45, 7) is 1.11. The van der Waals surface area contributed by atoms with Gasteiger partial charge in [-0.05, 0) is 18.4 Å². The quantitative estimate of drug-likeness (QED) is 0.694. The zero-order valence-corrected chi connectivity index (χ0v) is 9.91. The van der Waals surface area contributed by atoms with Crippen molar-refractivity contribution in [1.82, 2.24) is 10.6 Å². The van der Waals surface area contributed by atoms with Crippen molar-refractivity contribution in [3.05, 3.63) is 22.4 Å². The Bertz CT molecular complexity index is 416. The molecule has 7 heteroatoms. The average molecular weight is 256 g/mol. The second-order valence-corrected chi connectivity index (χ2v) is 4.24. The van der Waals surface area contributed by atoms with E-state index in [0.29, 0.717) is 4.88 Å². The molecule has 0 aliphatic rings. The maximum absolute atomic E-state index is 11.4. The summed E-state index contributed by atoms with van der Waals surface area (Å²) in [5.74, 6) is -2.01. The number of carboxylic acid groups (broad SMARTS) is 1. The van der Waals surface area contributed by atoms with Crippen molar-refractivity contribution >= 4 is 29.1 Å². The fraction of sp³-hybridized carbons (Fsp3) is 0.300. The molecule has 1 aromatic rings. The van der Waals surface area contributed by atoms with Gasteiger partial charge in [-0.3, -0.25) is 14.4 Å². The number of hydrogen-bond acceptors (Lipinski definition) is 4. The molecule has 1 rings (SSSR count). The third-order valence-electron chi connectivity index (χ3n) is 1.90. The first kappa shape index (κ1) is 13.2. The molecular formula is C10H12N2O4S. The molecule has 0 aliphatic heterocycles. The van der Waals surface area contributed by atoms with Crippen LogP contribution < -0.4 is 10.6 Å². The van der Waals surface area contributed by atoms with Crippen molar-refractivity contribution in [1.29, 1.82) is 0 Å². The summed E-state index contributed by atoms with van der Waals surface area (Å²) in [6, 6.07) is 2.39. The Morgan fingerprint density at radius 2 is 2.18 bits per heavy atom. The van der Waals surface area contributed by atoms with Gasteiger partial charge in [-0.15, -0.1) is 11.3 Å². The molecular weight excluding hydrogens is 244 g/mol. The highest BCUT2D eigenvalue weighted by molar-refractivity contribution is 7.12. The van der Waals surface area contributed by atoms with Crippen molar-refractivity contribution in [3.8, 4) is 0 Å². The van der Waals surface area contributed by atoms with Gasteiger partial charge >= 0.3 is 5.97 Å². The van der Waals surface area contributed by atoms with E-state index in [1.807, 2.05) is 0 Å². The third-order valence-corrected chi connectivity index (χ3v) is 2.77. The van der Waals surface area contributed by atoms with Crippen molar-refractivity contribution in [2.45, 2.75) is 13.0 Å². The van der Waals surface area contributed by atoms with E-state index in [0.717, 1.165) is 0 Å². The SMILES string of the molecule is CC(NC(=O)CNC(=O)c1cccs1)C(=O)O. The predicted molar refractivity (Wildman–Crippen MR) is 61.9 cm³/mol. The highest BCUT2D eigenvalue weighted by Gasteiger charge is 2.14. The summed E-state index contributed by atoms with van der Waals surface area (Å²) >= 11 is 1.26. The van der Waals surface area contributed by atoms with E-state index in [-0.39, 0.29) is 12.5 Å². The predicted octanol–water partition coefficient (Wildman–Crippen LogP) is 0.0672. The topological polar surface area (TPSA) is 95.5 Å². The van der Waals surface area contributed by atoms with Crippen LogP contribution in [0.4, 0.5) is 0 Å². The Kier molecular flexibility index (Phi) is 4.65. The molecule has 3 N–H and O–H groups in total. The normalized spacial score (nSPS) is 11.6. The lowest BCUT2D eigenvalue weighted by Gasteiger charge is -2.09. The summed E-state index contributed by atoms with van der Waals surface area (Å²) in [7, 11) is 0. The number of carbonyl (C=O) groups is 3. The van der Waals surface area contributed by atoms with E-state index in [1.165, 1.54) is 18.3 Å². The van der Waals surface area contributed by atoms with Crippen LogP contribution in [-0.2, 0) is 9.59 Å². The summed E-state index contributed by atoms with van der Waals surface area (Å²) in [4.78, 5) is 33.6. The fourth-order valence-electron chi connectivity index (χ4n) is 1.01. The molecule has 0 fully saturated rings. The van der Waals surface area contributed by atoms with E-state index in [1.54, 1.807) is 17.5 Å². The minimum atomic E-state index is -1.12. The van der Waals surface area contributed by atoms with Gasteiger partial charge in [0.15, 0.2) is 0 Å². The molecule has 0 spiro atoms. The first-order valence-corrected chi connectivity index (χ1v) is 5.72. The van der Waals surface area contributed by atoms with Gasteiger partial charge in [0.05, 0.1) is 11.4 Å². The number of rotatable bonds is 5. The lowest BCUT2D eigenvalue weighted by molar-refractivity contribution is -0.141. The summed E-state index contributed by atoms with van der Waals surface area (Å²) < 4.78 is 0. The molecule has 0 bridgehead atoms. The summed E-state index contributed by atoms with van der Waals surface area (Å²) in [5, 5.41) is 14.9. The highest BCUT2D eigenvalue weighted by atomic mass is 32.1. The molecule has 0 aromatic carbocycles. The second kappa shape index (κ2) is 6.00. The number of carboxylic acids is 1. The Hall–Kier alpha value is -1.89. The van der Waals surface area contributed by atoms with E-state index >= 15 is 0 Å². The van der Waals surface area contributed by atoms with Crippen molar-refractivity contribution in [2.24, 2.45) is 0 Å². The van der Waals surface area contributed by atoms with Gasteiger partial charge in [-0.25, -0.2) is 0 Å². The smallest absolute Gasteiger partial charge is 0.325 e. The summed E-state index contributed by atoms with van der Waals surface area (Å²) in [5.41, 5.74) is 0. The second-order valence-electron chi connectivity index (χ2n) is 3.29. The van der Waals surface area contributed by atoms with E-state index < -0.39 is 17.9 Å². The number of thiophene rings is 1. The Balaban J connectivity index is 2.34.